The second-order valence-corrected chi connectivity index (χ2v) is 6.93. The summed E-state index contributed by atoms with van der Waals surface area (Å²) < 4.78 is 34.6. The predicted molar refractivity (Wildman–Crippen MR) is 76.0 cm³/mol. The molecule has 1 aromatic rings. The lowest BCUT2D eigenvalue weighted by Gasteiger charge is -2.12. The van der Waals surface area contributed by atoms with Crippen LogP contribution in [-0.2, 0) is 19.0 Å². The number of hydrogen-bond donors (Lipinski definition) is 0. The molecule has 0 radical (unpaired) electrons. The number of benzene rings is 1. The van der Waals surface area contributed by atoms with Crippen molar-refractivity contribution in [2.45, 2.75) is 36.9 Å². The molecule has 1 aliphatic rings. The number of ether oxygens (including phenoxy) is 1. The molecular weight excluding hydrogens is 332 g/mol. The van der Waals surface area contributed by atoms with E-state index in [1.165, 1.54) is 0 Å². The molecule has 1 aliphatic heterocycles. The molecule has 1 aromatic carbocycles. The maximum absolute atomic E-state index is 12.0. The van der Waals surface area contributed by atoms with Crippen molar-refractivity contribution >= 4 is 26.0 Å². The third-order valence-corrected chi connectivity index (χ3v) is 5.10. The quantitative estimate of drug-likeness (QED) is 0.606. The molecule has 0 bridgehead atoms. The van der Waals surface area contributed by atoms with Crippen LogP contribution in [0, 0.1) is 6.92 Å². The zero-order valence-electron chi connectivity index (χ0n) is 10.7. The zero-order chi connectivity index (χ0) is 13.9. The van der Waals surface area contributed by atoms with Gasteiger partial charge in [-0.2, -0.15) is 8.42 Å². The normalized spacial score (nSPS) is 23.7. The van der Waals surface area contributed by atoms with Crippen LogP contribution in [0.3, 0.4) is 0 Å². The Morgan fingerprint density at radius 3 is 2.47 bits per heavy atom. The van der Waals surface area contributed by atoms with Gasteiger partial charge >= 0.3 is 0 Å². The van der Waals surface area contributed by atoms with Gasteiger partial charge in [0.05, 0.1) is 23.7 Å². The zero-order valence-corrected chi connectivity index (χ0v) is 13.1. The van der Waals surface area contributed by atoms with E-state index in [1.54, 1.807) is 24.3 Å². The fourth-order valence-electron chi connectivity index (χ4n) is 1.95. The molecule has 106 valence electrons. The Morgan fingerprint density at radius 1 is 1.26 bits per heavy atom. The van der Waals surface area contributed by atoms with Crippen molar-refractivity contribution in [3.05, 3.63) is 29.8 Å². The van der Waals surface area contributed by atoms with Gasteiger partial charge in [0.25, 0.3) is 10.1 Å². The summed E-state index contributed by atoms with van der Waals surface area (Å²) >= 11 is 3.35. The Kier molecular flexibility index (Phi) is 5.00. The van der Waals surface area contributed by atoms with Gasteiger partial charge in [-0.1, -0.05) is 33.6 Å². The first-order chi connectivity index (χ1) is 9.01. The second kappa shape index (κ2) is 6.35. The third kappa shape index (κ3) is 4.02. The van der Waals surface area contributed by atoms with Crippen molar-refractivity contribution in [1.82, 2.24) is 0 Å². The molecule has 0 aromatic heterocycles. The van der Waals surface area contributed by atoms with Crippen LogP contribution in [0.1, 0.15) is 18.4 Å². The smallest absolute Gasteiger partial charge is 0.297 e. The van der Waals surface area contributed by atoms with Crippen molar-refractivity contribution < 1.29 is 17.3 Å². The number of alkyl halides is 1. The lowest BCUT2D eigenvalue weighted by atomic mass is 10.2. The predicted octanol–water partition coefficient (Wildman–Crippen LogP) is 2.64. The van der Waals surface area contributed by atoms with Crippen LogP contribution in [0.5, 0.6) is 0 Å². The summed E-state index contributed by atoms with van der Waals surface area (Å²) in [7, 11) is -3.68. The van der Waals surface area contributed by atoms with Gasteiger partial charge in [-0.25, -0.2) is 0 Å². The molecule has 4 nitrogen and oxygen atoms in total. The molecule has 6 heteroatoms. The molecule has 1 fully saturated rings. The first-order valence-electron chi connectivity index (χ1n) is 6.19. The van der Waals surface area contributed by atoms with E-state index in [1.807, 2.05) is 6.92 Å². The average molecular weight is 349 g/mol. The minimum atomic E-state index is -3.68. The molecule has 0 amide bonds. The molecule has 2 atom stereocenters. The minimum Gasteiger partial charge on any atom is -0.372 e. The Morgan fingerprint density at radius 2 is 1.89 bits per heavy atom. The van der Waals surface area contributed by atoms with E-state index >= 15 is 0 Å². The lowest BCUT2D eigenvalue weighted by Crippen LogP contribution is -2.20. The van der Waals surface area contributed by atoms with Crippen LogP contribution in [0.25, 0.3) is 0 Å². The highest BCUT2D eigenvalue weighted by atomic mass is 79.9. The summed E-state index contributed by atoms with van der Waals surface area (Å²) in [6, 6.07) is 6.62. The summed E-state index contributed by atoms with van der Waals surface area (Å²) in [5.41, 5.74) is 1.01. The van der Waals surface area contributed by atoms with E-state index < -0.39 is 10.1 Å². The van der Waals surface area contributed by atoms with E-state index in [0.717, 1.165) is 23.7 Å². The third-order valence-electron chi connectivity index (χ3n) is 3.09. The van der Waals surface area contributed by atoms with Gasteiger partial charge in [0.15, 0.2) is 0 Å². The molecule has 1 saturated heterocycles. The molecule has 2 rings (SSSR count). The largest absolute Gasteiger partial charge is 0.372 e. The number of halogens is 1. The van der Waals surface area contributed by atoms with Crippen LogP contribution >= 0.6 is 15.9 Å². The van der Waals surface area contributed by atoms with Gasteiger partial charge in [-0.15, -0.1) is 0 Å². The Labute approximate surface area is 122 Å². The average Bonchev–Trinajstić information content (AvgIpc) is 2.85. The second-order valence-electron chi connectivity index (χ2n) is 4.66. The molecular formula is C13H17BrO4S. The van der Waals surface area contributed by atoms with E-state index in [4.69, 9.17) is 8.92 Å². The van der Waals surface area contributed by atoms with Crippen LogP contribution in [0.4, 0.5) is 0 Å². The SMILES string of the molecule is Cc1ccc(S(=O)(=O)OC[C@H]2CC[C@H](CBr)O2)cc1. The van der Waals surface area contributed by atoms with Crippen molar-refractivity contribution in [2.24, 2.45) is 0 Å². The van der Waals surface area contributed by atoms with Crippen molar-refractivity contribution in [1.29, 1.82) is 0 Å². The summed E-state index contributed by atoms with van der Waals surface area (Å²) in [6.07, 6.45) is 1.79. The molecule has 0 spiro atoms. The minimum absolute atomic E-state index is 0.0830. The maximum atomic E-state index is 12.0. The standard InChI is InChI=1S/C13H17BrO4S/c1-10-2-6-13(7-3-10)19(15,16)17-9-12-5-4-11(8-14)18-12/h2-3,6-7,11-12H,4-5,8-9H2,1H3/t11-,12-/m1/s1. The highest BCUT2D eigenvalue weighted by molar-refractivity contribution is 9.09. The highest BCUT2D eigenvalue weighted by Crippen LogP contribution is 2.22. The summed E-state index contributed by atoms with van der Waals surface area (Å²) in [5.74, 6) is 0. The fourth-order valence-corrected chi connectivity index (χ4v) is 3.37. The summed E-state index contributed by atoms with van der Waals surface area (Å²) in [4.78, 5) is 0.188. The topological polar surface area (TPSA) is 52.6 Å². The maximum Gasteiger partial charge on any atom is 0.297 e. The monoisotopic (exact) mass is 348 g/mol. The van der Waals surface area contributed by atoms with E-state index in [0.29, 0.717) is 0 Å². The van der Waals surface area contributed by atoms with Gasteiger partial charge in [-0.3, -0.25) is 4.18 Å². The van der Waals surface area contributed by atoms with Gasteiger partial charge in [-0.05, 0) is 31.9 Å². The van der Waals surface area contributed by atoms with Crippen LogP contribution in [-0.4, -0.2) is 32.6 Å². The van der Waals surface area contributed by atoms with Crippen molar-refractivity contribution in [2.75, 3.05) is 11.9 Å². The lowest BCUT2D eigenvalue weighted by molar-refractivity contribution is 0.0305. The van der Waals surface area contributed by atoms with Gasteiger partial charge in [0, 0.05) is 5.33 Å². The van der Waals surface area contributed by atoms with Crippen LogP contribution in [0.2, 0.25) is 0 Å². The molecule has 0 unspecified atom stereocenters. The number of rotatable bonds is 5. The van der Waals surface area contributed by atoms with E-state index in [-0.39, 0.29) is 23.7 Å². The highest BCUT2D eigenvalue weighted by Gasteiger charge is 2.26. The fraction of sp³-hybridized carbons (Fsp3) is 0.538. The summed E-state index contributed by atoms with van der Waals surface area (Å²) in [5, 5.41) is 0.772. The molecule has 0 N–H and O–H groups in total. The van der Waals surface area contributed by atoms with E-state index in [2.05, 4.69) is 15.9 Å². The Balaban J connectivity index is 1.93. The van der Waals surface area contributed by atoms with Gasteiger partial charge < -0.3 is 4.74 Å². The van der Waals surface area contributed by atoms with E-state index in [9.17, 15) is 8.42 Å². The Bertz CT molecular complexity index is 512. The first-order valence-corrected chi connectivity index (χ1v) is 8.72. The molecule has 1 heterocycles. The van der Waals surface area contributed by atoms with Crippen molar-refractivity contribution in [3.8, 4) is 0 Å². The van der Waals surface area contributed by atoms with Crippen LogP contribution in [0.15, 0.2) is 29.2 Å². The number of hydrogen-bond acceptors (Lipinski definition) is 4. The van der Waals surface area contributed by atoms with Crippen molar-refractivity contribution in [3.63, 3.8) is 0 Å². The first kappa shape index (κ1) is 15.0. The van der Waals surface area contributed by atoms with Gasteiger partial charge in [0.2, 0.25) is 0 Å². The number of aryl methyl sites for hydroxylation is 1. The Hall–Kier alpha value is -0.430. The summed E-state index contributed by atoms with van der Waals surface area (Å²) in [6.45, 7) is 1.99. The van der Waals surface area contributed by atoms with Crippen LogP contribution < -0.4 is 0 Å². The molecule has 0 aliphatic carbocycles. The van der Waals surface area contributed by atoms with Gasteiger partial charge in [0.1, 0.15) is 0 Å². The molecule has 19 heavy (non-hydrogen) atoms. The molecule has 0 saturated carbocycles.